The van der Waals surface area contributed by atoms with E-state index >= 15 is 0 Å². The lowest BCUT2D eigenvalue weighted by Gasteiger charge is -2.29. The van der Waals surface area contributed by atoms with Crippen molar-refractivity contribution < 1.29 is 14.7 Å². The number of aliphatic hydroxyl groups is 1. The zero-order valence-electron chi connectivity index (χ0n) is 15.5. The molecule has 5 heteroatoms. The number of benzene rings is 1. The van der Waals surface area contributed by atoms with Gasteiger partial charge in [-0.25, -0.2) is 0 Å². The van der Waals surface area contributed by atoms with Crippen LogP contribution in [0.2, 0.25) is 0 Å². The fourth-order valence-corrected chi connectivity index (χ4v) is 2.16. The Labute approximate surface area is 144 Å². The van der Waals surface area contributed by atoms with Crippen LogP contribution >= 0.6 is 0 Å². The molecule has 0 aromatic heterocycles. The number of nitrogens with one attached hydrogen (secondary N) is 2. The second-order valence-electron chi connectivity index (χ2n) is 7.24. The summed E-state index contributed by atoms with van der Waals surface area (Å²) >= 11 is 0. The topological polar surface area (TPSA) is 78.4 Å². The fourth-order valence-electron chi connectivity index (χ4n) is 2.16. The first-order chi connectivity index (χ1) is 11.1. The number of carbonyl (C=O) groups is 2. The maximum absolute atomic E-state index is 12.5. The molecule has 0 saturated heterocycles. The fraction of sp³-hybridized carbons (Fsp3) is 0.579. The van der Waals surface area contributed by atoms with Crippen molar-refractivity contribution in [3.63, 3.8) is 0 Å². The average Bonchev–Trinajstić information content (AvgIpc) is 2.50. The molecule has 24 heavy (non-hydrogen) atoms. The molecule has 134 valence electrons. The second-order valence-corrected chi connectivity index (χ2v) is 7.24. The van der Waals surface area contributed by atoms with Crippen molar-refractivity contribution >= 4 is 11.8 Å². The molecule has 0 aliphatic heterocycles. The zero-order chi connectivity index (χ0) is 18.5. The average molecular weight is 334 g/mol. The molecule has 2 amide bonds. The van der Waals surface area contributed by atoms with Crippen LogP contribution in [0.1, 0.15) is 50.5 Å². The minimum atomic E-state index is -0.989. The highest BCUT2D eigenvalue weighted by molar-refractivity contribution is 5.98. The van der Waals surface area contributed by atoms with Gasteiger partial charge in [0, 0.05) is 12.1 Å². The van der Waals surface area contributed by atoms with Gasteiger partial charge in [-0.05, 0) is 37.3 Å². The number of carbonyl (C=O) groups excluding carboxylic acids is 2. The van der Waals surface area contributed by atoms with E-state index in [1.807, 2.05) is 46.8 Å². The summed E-state index contributed by atoms with van der Waals surface area (Å²) in [6.07, 6.45) is 0. The molecule has 0 aliphatic rings. The second kappa shape index (κ2) is 8.29. The quantitative estimate of drug-likeness (QED) is 0.716. The van der Waals surface area contributed by atoms with E-state index in [4.69, 9.17) is 0 Å². The number of rotatable bonds is 7. The molecule has 0 aliphatic carbocycles. The molecule has 0 spiro atoms. The van der Waals surface area contributed by atoms with Crippen LogP contribution in [-0.4, -0.2) is 35.1 Å². The van der Waals surface area contributed by atoms with Crippen molar-refractivity contribution in [2.75, 3.05) is 6.54 Å². The Morgan fingerprint density at radius 3 is 2.25 bits per heavy atom. The van der Waals surface area contributed by atoms with Gasteiger partial charge in [0.25, 0.3) is 5.91 Å². The Morgan fingerprint density at radius 2 is 1.75 bits per heavy atom. The van der Waals surface area contributed by atoms with Crippen LogP contribution in [0.5, 0.6) is 0 Å². The summed E-state index contributed by atoms with van der Waals surface area (Å²) in [6, 6.07) is 6.61. The van der Waals surface area contributed by atoms with Crippen LogP contribution in [0.4, 0.5) is 0 Å². The van der Waals surface area contributed by atoms with Gasteiger partial charge in [-0.3, -0.25) is 9.59 Å². The Hall–Kier alpha value is -1.88. The molecular weight excluding hydrogens is 304 g/mol. The van der Waals surface area contributed by atoms with Crippen molar-refractivity contribution in [3.8, 4) is 0 Å². The highest BCUT2D eigenvalue weighted by Crippen LogP contribution is 2.15. The molecule has 1 rings (SSSR count). The predicted molar refractivity (Wildman–Crippen MR) is 95.7 cm³/mol. The van der Waals surface area contributed by atoms with Crippen molar-refractivity contribution in [2.24, 2.45) is 11.8 Å². The maximum Gasteiger partial charge on any atom is 0.252 e. The van der Waals surface area contributed by atoms with E-state index in [0.717, 1.165) is 5.56 Å². The summed E-state index contributed by atoms with van der Waals surface area (Å²) in [5.74, 6) is -0.607. The minimum absolute atomic E-state index is 0.0110. The van der Waals surface area contributed by atoms with E-state index in [-0.39, 0.29) is 30.2 Å². The first-order valence-electron chi connectivity index (χ1n) is 8.43. The number of hydrogen-bond donors (Lipinski definition) is 3. The van der Waals surface area contributed by atoms with Crippen molar-refractivity contribution in [1.29, 1.82) is 0 Å². The highest BCUT2D eigenvalue weighted by Gasteiger charge is 2.29. The zero-order valence-corrected chi connectivity index (χ0v) is 15.5. The third-order valence-electron chi connectivity index (χ3n) is 4.49. The third kappa shape index (κ3) is 5.34. The molecule has 2 unspecified atom stereocenters. The van der Waals surface area contributed by atoms with E-state index in [1.54, 1.807) is 19.1 Å². The molecule has 0 fully saturated rings. The Morgan fingerprint density at radius 1 is 1.17 bits per heavy atom. The molecule has 0 bridgehead atoms. The Balaban J connectivity index is 2.79. The standard InChI is InChI=1S/C19H30N2O3/c1-12(2)16(18(23)20-11-19(6,24)13(3)4)21-17(22)15-10-8-7-9-14(15)5/h7-10,12-13,16,24H,11H2,1-6H3,(H,20,23)(H,21,22). The summed E-state index contributed by atoms with van der Waals surface area (Å²) in [4.78, 5) is 24.9. The van der Waals surface area contributed by atoms with Gasteiger partial charge >= 0.3 is 0 Å². The molecule has 0 saturated carbocycles. The number of amides is 2. The van der Waals surface area contributed by atoms with Crippen molar-refractivity contribution in [2.45, 2.75) is 53.2 Å². The summed E-state index contributed by atoms with van der Waals surface area (Å²) in [7, 11) is 0. The van der Waals surface area contributed by atoms with E-state index in [9.17, 15) is 14.7 Å². The van der Waals surface area contributed by atoms with Gasteiger partial charge in [-0.1, -0.05) is 45.9 Å². The lowest BCUT2D eigenvalue weighted by molar-refractivity contribution is -0.125. The third-order valence-corrected chi connectivity index (χ3v) is 4.49. The van der Waals surface area contributed by atoms with Gasteiger partial charge in [0.1, 0.15) is 6.04 Å². The van der Waals surface area contributed by atoms with E-state index < -0.39 is 11.6 Å². The smallest absolute Gasteiger partial charge is 0.252 e. The molecule has 5 nitrogen and oxygen atoms in total. The van der Waals surface area contributed by atoms with Crippen LogP contribution in [0.15, 0.2) is 24.3 Å². The number of hydrogen-bond acceptors (Lipinski definition) is 3. The largest absolute Gasteiger partial charge is 0.388 e. The van der Waals surface area contributed by atoms with Gasteiger partial charge < -0.3 is 15.7 Å². The summed E-state index contributed by atoms with van der Waals surface area (Å²) in [5, 5.41) is 15.8. The van der Waals surface area contributed by atoms with Crippen LogP contribution in [-0.2, 0) is 4.79 Å². The Kier molecular flexibility index (Phi) is 6.96. The lowest BCUT2D eigenvalue weighted by atomic mass is 9.92. The van der Waals surface area contributed by atoms with E-state index in [0.29, 0.717) is 5.56 Å². The van der Waals surface area contributed by atoms with E-state index in [2.05, 4.69) is 10.6 Å². The van der Waals surface area contributed by atoms with Crippen LogP contribution in [0, 0.1) is 18.8 Å². The predicted octanol–water partition coefficient (Wildman–Crippen LogP) is 2.27. The van der Waals surface area contributed by atoms with Crippen LogP contribution < -0.4 is 10.6 Å². The molecule has 2 atom stereocenters. The summed E-state index contributed by atoms with van der Waals surface area (Å²) < 4.78 is 0. The molecule has 1 aromatic carbocycles. The maximum atomic E-state index is 12.5. The molecule has 3 N–H and O–H groups in total. The van der Waals surface area contributed by atoms with Gasteiger partial charge in [-0.15, -0.1) is 0 Å². The minimum Gasteiger partial charge on any atom is -0.388 e. The molecule has 0 radical (unpaired) electrons. The monoisotopic (exact) mass is 334 g/mol. The first-order valence-corrected chi connectivity index (χ1v) is 8.43. The Bertz CT molecular complexity index is 580. The van der Waals surface area contributed by atoms with Crippen LogP contribution in [0.25, 0.3) is 0 Å². The summed E-state index contributed by atoms with van der Waals surface area (Å²) in [6.45, 7) is 11.2. The van der Waals surface area contributed by atoms with Gasteiger partial charge in [0.2, 0.25) is 5.91 Å². The van der Waals surface area contributed by atoms with Crippen molar-refractivity contribution in [1.82, 2.24) is 10.6 Å². The van der Waals surface area contributed by atoms with Crippen molar-refractivity contribution in [3.05, 3.63) is 35.4 Å². The summed E-state index contributed by atoms with van der Waals surface area (Å²) in [5.41, 5.74) is 0.433. The molecular formula is C19H30N2O3. The lowest BCUT2D eigenvalue weighted by Crippen LogP contribution is -2.53. The molecule has 0 heterocycles. The SMILES string of the molecule is Cc1ccccc1C(=O)NC(C(=O)NCC(C)(O)C(C)C)C(C)C. The van der Waals surface area contributed by atoms with Gasteiger partial charge in [0.05, 0.1) is 5.60 Å². The number of aryl methyl sites for hydroxylation is 1. The highest BCUT2D eigenvalue weighted by atomic mass is 16.3. The normalized spacial score (nSPS) is 15.0. The van der Waals surface area contributed by atoms with Crippen LogP contribution in [0.3, 0.4) is 0 Å². The van der Waals surface area contributed by atoms with Gasteiger partial charge in [0.15, 0.2) is 0 Å². The first kappa shape index (κ1) is 20.2. The van der Waals surface area contributed by atoms with Gasteiger partial charge in [-0.2, -0.15) is 0 Å². The molecule has 1 aromatic rings. The van der Waals surface area contributed by atoms with E-state index in [1.165, 1.54) is 0 Å².